The standard InChI is InChI=1S/C21H20ClN3O/c1-15-13-18(22)7-8-19(15)25-21(26)17-10-12-24-20(14-17)23-11-9-16-5-3-2-4-6-16/h2-8,10,12-14H,9,11H2,1H3,(H,23,24)(H,25,26). The summed E-state index contributed by atoms with van der Waals surface area (Å²) in [7, 11) is 0. The summed E-state index contributed by atoms with van der Waals surface area (Å²) >= 11 is 5.95. The van der Waals surface area contributed by atoms with Crippen molar-refractivity contribution in [1.29, 1.82) is 0 Å². The lowest BCUT2D eigenvalue weighted by Crippen LogP contribution is -2.14. The molecule has 0 unspecified atom stereocenters. The molecule has 3 aromatic rings. The molecule has 0 spiro atoms. The van der Waals surface area contributed by atoms with Gasteiger partial charge in [-0.25, -0.2) is 4.98 Å². The van der Waals surface area contributed by atoms with Crippen molar-refractivity contribution >= 4 is 29.0 Å². The number of nitrogens with zero attached hydrogens (tertiary/aromatic N) is 1. The van der Waals surface area contributed by atoms with Gasteiger partial charge in [-0.1, -0.05) is 41.9 Å². The van der Waals surface area contributed by atoms with Crippen molar-refractivity contribution in [3.63, 3.8) is 0 Å². The molecular weight excluding hydrogens is 346 g/mol. The van der Waals surface area contributed by atoms with Crippen LogP contribution in [-0.4, -0.2) is 17.4 Å². The van der Waals surface area contributed by atoms with Crippen molar-refractivity contribution in [1.82, 2.24) is 4.98 Å². The highest BCUT2D eigenvalue weighted by atomic mass is 35.5. The summed E-state index contributed by atoms with van der Waals surface area (Å²) in [4.78, 5) is 16.8. The van der Waals surface area contributed by atoms with Gasteiger partial charge in [0.05, 0.1) is 0 Å². The van der Waals surface area contributed by atoms with E-state index in [9.17, 15) is 4.79 Å². The Hall–Kier alpha value is -2.85. The molecule has 4 nitrogen and oxygen atoms in total. The number of carbonyl (C=O) groups is 1. The van der Waals surface area contributed by atoms with Gasteiger partial charge in [0.2, 0.25) is 0 Å². The average Bonchev–Trinajstić information content (AvgIpc) is 2.65. The molecule has 0 fully saturated rings. The zero-order valence-electron chi connectivity index (χ0n) is 14.5. The first-order valence-corrected chi connectivity index (χ1v) is 8.81. The molecule has 132 valence electrons. The minimum atomic E-state index is -0.177. The Morgan fingerprint density at radius 1 is 1.08 bits per heavy atom. The number of amides is 1. The van der Waals surface area contributed by atoms with Gasteiger partial charge in [0.1, 0.15) is 5.82 Å². The first-order valence-electron chi connectivity index (χ1n) is 8.43. The van der Waals surface area contributed by atoms with Crippen LogP contribution in [0.15, 0.2) is 66.9 Å². The van der Waals surface area contributed by atoms with Crippen molar-refractivity contribution in [3.05, 3.63) is 88.6 Å². The summed E-state index contributed by atoms with van der Waals surface area (Å²) in [5, 5.41) is 6.82. The largest absolute Gasteiger partial charge is 0.370 e. The Kier molecular flexibility index (Phi) is 5.87. The van der Waals surface area contributed by atoms with Crippen molar-refractivity contribution < 1.29 is 4.79 Å². The molecule has 0 atom stereocenters. The Morgan fingerprint density at radius 3 is 2.65 bits per heavy atom. The SMILES string of the molecule is Cc1cc(Cl)ccc1NC(=O)c1ccnc(NCCc2ccccc2)c1. The molecule has 5 heteroatoms. The first kappa shape index (κ1) is 18.0. The van der Waals surface area contributed by atoms with Gasteiger partial charge in [0.25, 0.3) is 5.91 Å². The summed E-state index contributed by atoms with van der Waals surface area (Å²) in [6.45, 7) is 2.66. The number of pyridine rings is 1. The summed E-state index contributed by atoms with van der Waals surface area (Å²) in [6.07, 6.45) is 2.53. The summed E-state index contributed by atoms with van der Waals surface area (Å²) in [5.74, 6) is 0.505. The number of anilines is 2. The number of hydrogen-bond acceptors (Lipinski definition) is 3. The molecule has 0 aliphatic rings. The van der Waals surface area contributed by atoms with Crippen LogP contribution in [-0.2, 0) is 6.42 Å². The quantitative estimate of drug-likeness (QED) is 0.649. The second-order valence-corrected chi connectivity index (χ2v) is 6.44. The number of halogens is 1. The third-order valence-electron chi connectivity index (χ3n) is 4.02. The fourth-order valence-corrected chi connectivity index (χ4v) is 2.84. The van der Waals surface area contributed by atoms with Crippen LogP contribution in [0.25, 0.3) is 0 Å². The molecule has 0 saturated heterocycles. The molecule has 0 aliphatic heterocycles. The fraction of sp³-hybridized carbons (Fsp3) is 0.143. The molecular formula is C21H20ClN3O. The van der Waals surface area contributed by atoms with E-state index in [0.29, 0.717) is 16.4 Å². The third kappa shape index (κ3) is 4.83. The molecule has 1 amide bonds. The smallest absolute Gasteiger partial charge is 0.255 e. The Balaban J connectivity index is 1.61. The van der Waals surface area contributed by atoms with Gasteiger partial charge < -0.3 is 10.6 Å². The van der Waals surface area contributed by atoms with Crippen LogP contribution in [0.5, 0.6) is 0 Å². The van der Waals surface area contributed by atoms with Gasteiger partial charge in [-0.05, 0) is 54.8 Å². The highest BCUT2D eigenvalue weighted by Crippen LogP contribution is 2.20. The van der Waals surface area contributed by atoms with Crippen LogP contribution >= 0.6 is 11.6 Å². The molecule has 0 radical (unpaired) electrons. The van der Waals surface area contributed by atoms with Crippen LogP contribution in [0.1, 0.15) is 21.5 Å². The van der Waals surface area contributed by atoms with Crippen molar-refractivity contribution in [2.24, 2.45) is 0 Å². The minimum Gasteiger partial charge on any atom is -0.370 e. The monoisotopic (exact) mass is 365 g/mol. The summed E-state index contributed by atoms with van der Waals surface area (Å²) in [5.41, 5.74) is 3.47. The Bertz CT molecular complexity index is 897. The van der Waals surface area contributed by atoms with E-state index in [2.05, 4.69) is 27.8 Å². The zero-order valence-corrected chi connectivity index (χ0v) is 15.3. The van der Waals surface area contributed by atoms with Crippen LogP contribution < -0.4 is 10.6 Å². The Labute approximate surface area is 158 Å². The molecule has 0 aliphatic carbocycles. The molecule has 26 heavy (non-hydrogen) atoms. The van der Waals surface area contributed by atoms with Crippen LogP contribution in [0.3, 0.4) is 0 Å². The maximum atomic E-state index is 12.5. The van der Waals surface area contributed by atoms with E-state index < -0.39 is 0 Å². The summed E-state index contributed by atoms with van der Waals surface area (Å²) in [6, 6.07) is 19.1. The topological polar surface area (TPSA) is 54.0 Å². The van der Waals surface area contributed by atoms with Crippen LogP contribution in [0, 0.1) is 6.92 Å². The second-order valence-electron chi connectivity index (χ2n) is 6.01. The number of hydrogen-bond donors (Lipinski definition) is 2. The minimum absolute atomic E-state index is 0.177. The number of rotatable bonds is 6. The number of benzene rings is 2. The van der Waals surface area contributed by atoms with Gasteiger partial charge in [-0.15, -0.1) is 0 Å². The van der Waals surface area contributed by atoms with Gasteiger partial charge >= 0.3 is 0 Å². The molecule has 2 N–H and O–H groups in total. The highest BCUT2D eigenvalue weighted by molar-refractivity contribution is 6.30. The zero-order chi connectivity index (χ0) is 18.4. The number of nitrogens with one attached hydrogen (secondary N) is 2. The number of aryl methyl sites for hydroxylation is 1. The van der Waals surface area contributed by atoms with Crippen molar-refractivity contribution in [3.8, 4) is 0 Å². The van der Waals surface area contributed by atoms with Crippen LogP contribution in [0.4, 0.5) is 11.5 Å². The van der Waals surface area contributed by atoms with E-state index >= 15 is 0 Å². The number of carbonyl (C=O) groups excluding carboxylic acids is 1. The van der Waals surface area contributed by atoms with E-state index in [1.807, 2.05) is 31.2 Å². The molecule has 3 rings (SSSR count). The molecule has 2 aromatic carbocycles. The third-order valence-corrected chi connectivity index (χ3v) is 4.26. The fourth-order valence-electron chi connectivity index (χ4n) is 2.61. The molecule has 1 aromatic heterocycles. The maximum absolute atomic E-state index is 12.5. The lowest BCUT2D eigenvalue weighted by molar-refractivity contribution is 0.102. The lowest BCUT2D eigenvalue weighted by Gasteiger charge is -2.10. The molecule has 1 heterocycles. The molecule has 0 bridgehead atoms. The predicted octanol–water partition coefficient (Wildman–Crippen LogP) is 4.95. The van der Waals surface area contributed by atoms with E-state index in [0.717, 1.165) is 24.2 Å². The van der Waals surface area contributed by atoms with Gasteiger partial charge in [0, 0.05) is 29.0 Å². The summed E-state index contributed by atoms with van der Waals surface area (Å²) < 4.78 is 0. The van der Waals surface area contributed by atoms with E-state index in [1.165, 1.54) is 5.56 Å². The van der Waals surface area contributed by atoms with Gasteiger partial charge in [-0.2, -0.15) is 0 Å². The van der Waals surface area contributed by atoms with Gasteiger partial charge in [-0.3, -0.25) is 4.79 Å². The second kappa shape index (κ2) is 8.50. The maximum Gasteiger partial charge on any atom is 0.255 e. The molecule has 0 saturated carbocycles. The predicted molar refractivity (Wildman–Crippen MR) is 107 cm³/mol. The van der Waals surface area contributed by atoms with E-state index in [1.54, 1.807) is 30.5 Å². The van der Waals surface area contributed by atoms with Crippen molar-refractivity contribution in [2.45, 2.75) is 13.3 Å². The van der Waals surface area contributed by atoms with Crippen LogP contribution in [0.2, 0.25) is 5.02 Å². The lowest BCUT2D eigenvalue weighted by atomic mass is 10.1. The Morgan fingerprint density at radius 2 is 1.88 bits per heavy atom. The van der Waals surface area contributed by atoms with Crippen molar-refractivity contribution in [2.75, 3.05) is 17.2 Å². The number of aromatic nitrogens is 1. The highest BCUT2D eigenvalue weighted by Gasteiger charge is 2.09. The first-order chi connectivity index (χ1) is 12.6. The average molecular weight is 366 g/mol. The van der Waals surface area contributed by atoms with E-state index in [-0.39, 0.29) is 5.91 Å². The normalized spacial score (nSPS) is 10.4. The van der Waals surface area contributed by atoms with Gasteiger partial charge in [0.15, 0.2) is 0 Å². The van der Waals surface area contributed by atoms with E-state index in [4.69, 9.17) is 11.6 Å².